The molecule has 0 amide bonds. The Morgan fingerprint density at radius 3 is 2.95 bits per heavy atom. The second-order valence-electron chi connectivity index (χ2n) is 4.45. The molecule has 0 aromatic carbocycles. The molecule has 0 fully saturated rings. The first kappa shape index (κ1) is 15.3. The molecule has 2 aromatic heterocycles. The average Bonchev–Trinajstić information content (AvgIpc) is 2.71. The number of thioether (sulfide) groups is 1. The number of aryl methyl sites for hydroxylation is 2. The number of aromatic nitrogens is 3. The van der Waals surface area contributed by atoms with Crippen LogP contribution in [0.1, 0.15) is 18.2 Å². The molecule has 0 unspecified atom stereocenters. The van der Waals surface area contributed by atoms with Crippen LogP contribution in [0, 0.1) is 17.0 Å². The smallest absolute Gasteiger partial charge is 0.333 e. The Morgan fingerprint density at radius 2 is 2.29 bits per heavy atom. The number of rotatable bonds is 6. The highest BCUT2D eigenvalue weighted by Crippen LogP contribution is 2.27. The zero-order valence-corrected chi connectivity index (χ0v) is 13.0. The highest BCUT2D eigenvalue weighted by Gasteiger charge is 2.23. The van der Waals surface area contributed by atoms with Crippen molar-refractivity contribution in [3.05, 3.63) is 39.7 Å². The van der Waals surface area contributed by atoms with Gasteiger partial charge in [0, 0.05) is 19.8 Å². The maximum Gasteiger partial charge on any atom is 0.333 e. The summed E-state index contributed by atoms with van der Waals surface area (Å²) in [6.07, 6.45) is 1.75. The molecule has 0 aliphatic heterocycles. The van der Waals surface area contributed by atoms with Crippen LogP contribution in [0.2, 0.25) is 0 Å². The van der Waals surface area contributed by atoms with Crippen molar-refractivity contribution in [2.45, 2.75) is 25.4 Å². The molecule has 2 rings (SSSR count). The lowest BCUT2D eigenvalue weighted by molar-refractivity contribution is -0.384. The van der Waals surface area contributed by atoms with Crippen LogP contribution in [-0.4, -0.2) is 25.4 Å². The van der Waals surface area contributed by atoms with Crippen molar-refractivity contribution < 1.29 is 4.92 Å². The van der Waals surface area contributed by atoms with Crippen LogP contribution in [0.3, 0.4) is 0 Å². The molecule has 0 saturated heterocycles. The third kappa shape index (κ3) is 3.52. The van der Waals surface area contributed by atoms with E-state index in [4.69, 9.17) is 0 Å². The van der Waals surface area contributed by atoms with E-state index >= 15 is 0 Å². The number of anilines is 1. The Balaban J connectivity index is 2.17. The Morgan fingerprint density at radius 1 is 1.52 bits per heavy atom. The summed E-state index contributed by atoms with van der Waals surface area (Å²) >= 11 is 1.66. The van der Waals surface area contributed by atoms with Gasteiger partial charge in [0.1, 0.15) is 5.69 Å². The Labute approximate surface area is 126 Å². The van der Waals surface area contributed by atoms with Gasteiger partial charge in [-0.15, -0.1) is 11.8 Å². The minimum Gasteiger partial charge on any atom is -0.360 e. The molecule has 112 valence electrons. The Bertz CT molecular complexity index is 656. The number of nitro groups is 1. The van der Waals surface area contributed by atoms with Gasteiger partial charge < -0.3 is 5.32 Å². The first-order chi connectivity index (χ1) is 10.0. The fourth-order valence-corrected chi connectivity index (χ4v) is 2.70. The number of pyridine rings is 1. The average molecular weight is 307 g/mol. The van der Waals surface area contributed by atoms with Gasteiger partial charge in [-0.25, -0.2) is 9.67 Å². The van der Waals surface area contributed by atoms with Crippen LogP contribution < -0.4 is 5.32 Å². The number of nitrogens with one attached hydrogen (secondary N) is 1. The van der Waals surface area contributed by atoms with Crippen molar-refractivity contribution >= 4 is 23.3 Å². The van der Waals surface area contributed by atoms with E-state index in [1.165, 1.54) is 4.68 Å². The van der Waals surface area contributed by atoms with Gasteiger partial charge in [-0.2, -0.15) is 5.10 Å². The van der Waals surface area contributed by atoms with Crippen LogP contribution in [0.5, 0.6) is 0 Å². The van der Waals surface area contributed by atoms with E-state index in [9.17, 15) is 10.1 Å². The summed E-state index contributed by atoms with van der Waals surface area (Å²) < 4.78 is 1.50. The molecule has 0 atom stereocenters. The fourth-order valence-electron chi connectivity index (χ4n) is 2.04. The van der Waals surface area contributed by atoms with Gasteiger partial charge >= 0.3 is 5.69 Å². The number of nitrogens with zero attached hydrogens (tertiary/aromatic N) is 4. The lowest BCUT2D eigenvalue weighted by Gasteiger charge is -2.07. The summed E-state index contributed by atoms with van der Waals surface area (Å²) in [5.41, 5.74) is 1.45. The van der Waals surface area contributed by atoms with Crippen LogP contribution in [-0.2, 0) is 13.6 Å². The molecule has 21 heavy (non-hydrogen) atoms. The van der Waals surface area contributed by atoms with E-state index in [0.717, 1.165) is 16.3 Å². The van der Waals surface area contributed by atoms with E-state index in [1.807, 2.05) is 12.1 Å². The molecular weight excluding hydrogens is 290 g/mol. The summed E-state index contributed by atoms with van der Waals surface area (Å²) in [4.78, 5) is 15.0. The second-order valence-corrected chi connectivity index (χ2v) is 5.74. The molecule has 8 heteroatoms. The summed E-state index contributed by atoms with van der Waals surface area (Å²) in [5.74, 6) is 1.37. The minimum atomic E-state index is -0.407. The number of hydrogen-bond acceptors (Lipinski definition) is 6. The largest absolute Gasteiger partial charge is 0.360 e. The molecule has 2 heterocycles. The van der Waals surface area contributed by atoms with E-state index in [0.29, 0.717) is 18.1 Å². The SMILES string of the molecule is CCSc1cc(CNc2c([N+](=O)[O-])c(C)nn2C)ccn1. The molecule has 0 spiro atoms. The summed E-state index contributed by atoms with van der Waals surface area (Å²) in [7, 11) is 1.69. The van der Waals surface area contributed by atoms with Gasteiger partial charge in [0.05, 0.1) is 9.95 Å². The Hall–Kier alpha value is -2.09. The van der Waals surface area contributed by atoms with Crippen molar-refractivity contribution in [1.29, 1.82) is 0 Å². The van der Waals surface area contributed by atoms with Crippen molar-refractivity contribution in [3.63, 3.8) is 0 Å². The highest BCUT2D eigenvalue weighted by atomic mass is 32.2. The molecule has 7 nitrogen and oxygen atoms in total. The lowest BCUT2D eigenvalue weighted by atomic mass is 10.2. The van der Waals surface area contributed by atoms with Crippen molar-refractivity contribution in [3.8, 4) is 0 Å². The topological polar surface area (TPSA) is 85.9 Å². The van der Waals surface area contributed by atoms with E-state index in [-0.39, 0.29) is 5.69 Å². The normalized spacial score (nSPS) is 10.6. The van der Waals surface area contributed by atoms with Gasteiger partial charge in [0.15, 0.2) is 0 Å². The molecule has 1 N–H and O–H groups in total. The lowest BCUT2D eigenvalue weighted by Crippen LogP contribution is -2.06. The fraction of sp³-hybridized carbons (Fsp3) is 0.385. The quantitative estimate of drug-likeness (QED) is 0.502. The maximum atomic E-state index is 11.1. The predicted octanol–water partition coefficient (Wildman–Crippen LogP) is 2.76. The van der Waals surface area contributed by atoms with Gasteiger partial charge in [-0.05, 0) is 30.4 Å². The molecule has 0 saturated carbocycles. The molecule has 2 aromatic rings. The molecule has 0 aliphatic carbocycles. The third-order valence-electron chi connectivity index (χ3n) is 2.92. The summed E-state index contributed by atoms with van der Waals surface area (Å²) in [6.45, 7) is 4.18. The predicted molar refractivity (Wildman–Crippen MR) is 82.6 cm³/mol. The Kier molecular flexibility index (Phi) is 4.79. The molecular formula is C13H17N5O2S. The third-order valence-corrected chi connectivity index (χ3v) is 3.73. The molecule has 0 bridgehead atoms. The zero-order chi connectivity index (χ0) is 15.4. The minimum absolute atomic E-state index is 0.0229. The van der Waals surface area contributed by atoms with E-state index < -0.39 is 4.92 Å². The van der Waals surface area contributed by atoms with Gasteiger partial charge in [0.25, 0.3) is 0 Å². The standard InChI is InChI=1S/C13H17N5O2S/c1-4-21-11-7-10(5-6-14-11)8-15-13-12(18(19)20)9(2)16-17(13)3/h5-7,15H,4,8H2,1-3H3. The maximum absolute atomic E-state index is 11.1. The van der Waals surface area contributed by atoms with Crippen molar-refractivity contribution in [2.24, 2.45) is 7.05 Å². The zero-order valence-electron chi connectivity index (χ0n) is 12.2. The molecule has 0 aliphatic rings. The highest BCUT2D eigenvalue weighted by molar-refractivity contribution is 7.99. The first-order valence-corrected chi connectivity index (χ1v) is 7.51. The van der Waals surface area contributed by atoms with Crippen LogP contribution in [0.15, 0.2) is 23.4 Å². The van der Waals surface area contributed by atoms with Crippen molar-refractivity contribution in [2.75, 3.05) is 11.1 Å². The second kappa shape index (κ2) is 6.57. The van der Waals surface area contributed by atoms with E-state index in [1.54, 1.807) is 31.9 Å². The van der Waals surface area contributed by atoms with Crippen LogP contribution >= 0.6 is 11.8 Å². The summed E-state index contributed by atoms with van der Waals surface area (Å²) in [5, 5.41) is 19.2. The van der Waals surface area contributed by atoms with Gasteiger partial charge in [0.2, 0.25) is 5.82 Å². The van der Waals surface area contributed by atoms with Crippen LogP contribution in [0.4, 0.5) is 11.5 Å². The monoisotopic (exact) mass is 307 g/mol. The van der Waals surface area contributed by atoms with E-state index in [2.05, 4.69) is 22.3 Å². The van der Waals surface area contributed by atoms with Gasteiger partial charge in [-0.3, -0.25) is 10.1 Å². The van der Waals surface area contributed by atoms with Gasteiger partial charge in [-0.1, -0.05) is 6.92 Å². The molecule has 0 radical (unpaired) electrons. The van der Waals surface area contributed by atoms with Crippen LogP contribution in [0.25, 0.3) is 0 Å². The van der Waals surface area contributed by atoms with Crippen molar-refractivity contribution in [1.82, 2.24) is 14.8 Å². The number of hydrogen-bond donors (Lipinski definition) is 1. The first-order valence-electron chi connectivity index (χ1n) is 6.52. The summed E-state index contributed by atoms with van der Waals surface area (Å²) in [6, 6.07) is 3.87.